The summed E-state index contributed by atoms with van der Waals surface area (Å²) in [5.74, 6) is 0.896. The zero-order valence-electron chi connectivity index (χ0n) is 21.6. The van der Waals surface area contributed by atoms with Crippen molar-refractivity contribution < 1.29 is 14.3 Å². The molecule has 0 aliphatic carbocycles. The van der Waals surface area contributed by atoms with E-state index in [9.17, 15) is 9.59 Å². The molecule has 0 amide bonds. The van der Waals surface area contributed by atoms with Crippen molar-refractivity contribution >= 4 is 16.9 Å². The Morgan fingerprint density at radius 1 is 1.14 bits per heavy atom. The zero-order valence-corrected chi connectivity index (χ0v) is 21.6. The number of benzene rings is 2. The summed E-state index contributed by atoms with van der Waals surface area (Å²) in [6, 6.07) is 15.4. The van der Waals surface area contributed by atoms with Crippen LogP contribution in [0, 0.1) is 6.92 Å². The quantitative estimate of drug-likeness (QED) is 0.308. The number of aromatic amines is 1. The molecule has 2 aromatic heterocycles. The van der Waals surface area contributed by atoms with Crippen LogP contribution in [-0.2, 0) is 29.2 Å². The zero-order chi connectivity index (χ0) is 26.4. The summed E-state index contributed by atoms with van der Waals surface area (Å²) in [6.45, 7) is 6.84. The number of nitrogens with zero attached hydrogens (tertiary/aromatic N) is 5. The number of aryl methyl sites for hydroxylation is 1. The molecular weight excluding hydrogens is 472 g/mol. The van der Waals surface area contributed by atoms with Gasteiger partial charge in [0.15, 0.2) is 5.82 Å². The number of hydrogen-bond donors (Lipinski definition) is 1. The second-order valence-corrected chi connectivity index (χ2v) is 8.84. The van der Waals surface area contributed by atoms with Crippen LogP contribution in [0.25, 0.3) is 10.9 Å². The lowest BCUT2D eigenvalue weighted by molar-refractivity contribution is -0.144. The van der Waals surface area contributed by atoms with Gasteiger partial charge in [-0.15, -0.1) is 5.10 Å². The van der Waals surface area contributed by atoms with Crippen molar-refractivity contribution in [2.45, 2.75) is 52.9 Å². The van der Waals surface area contributed by atoms with Crippen LogP contribution in [0.2, 0.25) is 0 Å². The Balaban J connectivity index is 1.72. The normalized spacial score (nSPS) is 12.1. The lowest BCUT2D eigenvalue weighted by atomic mass is 10.1. The third-order valence-corrected chi connectivity index (χ3v) is 6.35. The van der Waals surface area contributed by atoms with Crippen molar-refractivity contribution in [3.8, 4) is 5.75 Å². The first-order valence-corrected chi connectivity index (χ1v) is 12.3. The molecule has 1 unspecified atom stereocenters. The van der Waals surface area contributed by atoms with Gasteiger partial charge in [0.05, 0.1) is 25.3 Å². The number of carbonyl (C=O) groups is 1. The van der Waals surface area contributed by atoms with Gasteiger partial charge >= 0.3 is 5.97 Å². The molecule has 0 spiro atoms. The van der Waals surface area contributed by atoms with Crippen LogP contribution < -0.4 is 10.3 Å². The fraction of sp³-hybridized carbons (Fsp3) is 0.370. The predicted molar refractivity (Wildman–Crippen MR) is 139 cm³/mol. The van der Waals surface area contributed by atoms with Crippen LogP contribution in [-0.4, -0.2) is 49.8 Å². The maximum atomic E-state index is 13.1. The second kappa shape index (κ2) is 11.8. The van der Waals surface area contributed by atoms with Gasteiger partial charge in [0, 0.05) is 18.7 Å². The third-order valence-electron chi connectivity index (χ3n) is 6.35. The number of fused-ring (bicyclic) bond motifs is 1. The molecule has 0 aliphatic rings. The van der Waals surface area contributed by atoms with Crippen LogP contribution >= 0.6 is 0 Å². The fourth-order valence-electron chi connectivity index (χ4n) is 4.50. The number of rotatable bonds is 11. The number of pyridine rings is 1. The molecule has 0 bridgehead atoms. The molecule has 10 heteroatoms. The molecule has 0 aliphatic heterocycles. The number of tetrazole rings is 1. The number of para-hydroxylation sites is 1. The number of aromatic nitrogens is 5. The lowest BCUT2D eigenvalue weighted by Crippen LogP contribution is -2.33. The second-order valence-electron chi connectivity index (χ2n) is 8.84. The standard InChI is InChI=1S/C27H32N6O4/c1-5-23(26-29-30-31-33(26)17-24(34)37-6-2)32(15-19-10-12-22(36-4)13-11-19)16-21-14-20-9-7-8-18(3)25(20)28-27(21)35/h7-14,23H,5-6,15-17H2,1-4H3,(H,28,35). The molecule has 0 saturated carbocycles. The Labute approximate surface area is 215 Å². The van der Waals surface area contributed by atoms with E-state index in [0.717, 1.165) is 27.8 Å². The van der Waals surface area contributed by atoms with E-state index in [-0.39, 0.29) is 24.8 Å². The molecular formula is C27H32N6O4. The topological polar surface area (TPSA) is 115 Å². The maximum absolute atomic E-state index is 13.1. The molecule has 0 fully saturated rings. The summed E-state index contributed by atoms with van der Waals surface area (Å²) in [5, 5.41) is 13.1. The highest BCUT2D eigenvalue weighted by Crippen LogP contribution is 2.27. The van der Waals surface area contributed by atoms with Gasteiger partial charge in [-0.05, 0) is 65.4 Å². The van der Waals surface area contributed by atoms with E-state index in [2.05, 4.69) is 25.4 Å². The molecule has 0 saturated heterocycles. The number of methoxy groups -OCH3 is 1. The van der Waals surface area contributed by atoms with Gasteiger partial charge in [0.25, 0.3) is 5.56 Å². The van der Waals surface area contributed by atoms with Crippen molar-refractivity contribution in [1.29, 1.82) is 0 Å². The minimum absolute atomic E-state index is 0.0844. The average molecular weight is 505 g/mol. The predicted octanol–water partition coefficient (Wildman–Crippen LogP) is 3.55. The minimum Gasteiger partial charge on any atom is -0.497 e. The molecule has 10 nitrogen and oxygen atoms in total. The van der Waals surface area contributed by atoms with Crippen molar-refractivity contribution in [3.05, 3.63) is 81.4 Å². The van der Waals surface area contributed by atoms with E-state index in [1.165, 1.54) is 4.68 Å². The number of ether oxygens (including phenoxy) is 2. The van der Waals surface area contributed by atoms with Gasteiger partial charge in [0.2, 0.25) is 0 Å². The van der Waals surface area contributed by atoms with Gasteiger partial charge < -0.3 is 14.5 Å². The first kappa shape index (κ1) is 26.0. The number of esters is 1. The highest BCUT2D eigenvalue weighted by atomic mass is 16.5. The summed E-state index contributed by atoms with van der Waals surface area (Å²) >= 11 is 0. The number of hydrogen-bond acceptors (Lipinski definition) is 8. The summed E-state index contributed by atoms with van der Waals surface area (Å²) in [7, 11) is 1.63. The maximum Gasteiger partial charge on any atom is 0.327 e. The molecule has 37 heavy (non-hydrogen) atoms. The number of H-pyrrole nitrogens is 1. The Morgan fingerprint density at radius 3 is 2.62 bits per heavy atom. The Morgan fingerprint density at radius 2 is 1.92 bits per heavy atom. The van der Waals surface area contributed by atoms with Crippen LogP contribution in [0.5, 0.6) is 5.75 Å². The van der Waals surface area contributed by atoms with E-state index in [4.69, 9.17) is 9.47 Å². The fourth-order valence-corrected chi connectivity index (χ4v) is 4.50. The SMILES string of the molecule is CCOC(=O)Cn1nnnc1C(CC)N(Cc1ccc(OC)cc1)Cc1cc2cccc(C)c2[nH]c1=O. The number of nitrogens with one attached hydrogen (secondary N) is 1. The first-order valence-electron chi connectivity index (χ1n) is 12.3. The minimum atomic E-state index is -0.408. The number of carbonyl (C=O) groups excluding carboxylic acids is 1. The first-order chi connectivity index (χ1) is 17.9. The smallest absolute Gasteiger partial charge is 0.327 e. The Bertz CT molecular complexity index is 1410. The van der Waals surface area contributed by atoms with Gasteiger partial charge in [0.1, 0.15) is 12.3 Å². The molecule has 1 atom stereocenters. The van der Waals surface area contributed by atoms with Crippen LogP contribution in [0.1, 0.15) is 48.8 Å². The summed E-state index contributed by atoms with van der Waals surface area (Å²) in [4.78, 5) is 30.5. The highest BCUT2D eigenvalue weighted by molar-refractivity contribution is 5.81. The van der Waals surface area contributed by atoms with Crippen molar-refractivity contribution in [2.75, 3.05) is 13.7 Å². The average Bonchev–Trinajstić information content (AvgIpc) is 3.33. The molecule has 1 N–H and O–H groups in total. The molecule has 0 radical (unpaired) electrons. The summed E-state index contributed by atoms with van der Waals surface area (Å²) < 4.78 is 11.9. The third kappa shape index (κ3) is 6.03. The van der Waals surface area contributed by atoms with E-state index < -0.39 is 5.97 Å². The summed E-state index contributed by atoms with van der Waals surface area (Å²) in [6.07, 6.45) is 0.657. The van der Waals surface area contributed by atoms with Crippen molar-refractivity contribution in [2.24, 2.45) is 0 Å². The molecule has 194 valence electrons. The van der Waals surface area contributed by atoms with E-state index >= 15 is 0 Å². The molecule has 2 aromatic carbocycles. The summed E-state index contributed by atoms with van der Waals surface area (Å²) in [5.41, 5.74) is 3.39. The highest BCUT2D eigenvalue weighted by Gasteiger charge is 2.27. The molecule has 2 heterocycles. The van der Waals surface area contributed by atoms with E-state index in [1.807, 2.05) is 62.4 Å². The molecule has 4 rings (SSSR count). The van der Waals surface area contributed by atoms with Crippen LogP contribution in [0.15, 0.2) is 53.3 Å². The van der Waals surface area contributed by atoms with Gasteiger partial charge in [-0.1, -0.05) is 37.3 Å². The van der Waals surface area contributed by atoms with Crippen molar-refractivity contribution in [1.82, 2.24) is 30.1 Å². The van der Waals surface area contributed by atoms with Crippen LogP contribution in [0.4, 0.5) is 0 Å². The van der Waals surface area contributed by atoms with Gasteiger partial charge in [-0.25, -0.2) is 4.68 Å². The Kier molecular flexibility index (Phi) is 8.29. The van der Waals surface area contributed by atoms with Gasteiger partial charge in [-0.2, -0.15) is 0 Å². The van der Waals surface area contributed by atoms with Crippen LogP contribution in [0.3, 0.4) is 0 Å². The monoisotopic (exact) mass is 504 g/mol. The van der Waals surface area contributed by atoms with E-state index in [0.29, 0.717) is 30.9 Å². The van der Waals surface area contributed by atoms with Crippen molar-refractivity contribution in [3.63, 3.8) is 0 Å². The van der Waals surface area contributed by atoms with Gasteiger partial charge in [-0.3, -0.25) is 14.5 Å². The molecule has 4 aromatic rings. The Hall–Kier alpha value is -4.05. The van der Waals surface area contributed by atoms with E-state index in [1.54, 1.807) is 14.0 Å². The largest absolute Gasteiger partial charge is 0.497 e. The lowest BCUT2D eigenvalue weighted by Gasteiger charge is -2.30.